The molecular formula is C15H31N3O. The molecule has 4 nitrogen and oxygen atoms in total. The summed E-state index contributed by atoms with van der Waals surface area (Å²) in [5, 5.41) is 6.39. The molecule has 0 aromatic heterocycles. The first-order chi connectivity index (χ1) is 9.01. The molecular weight excluding hydrogens is 238 g/mol. The minimum absolute atomic E-state index is 0.175. The van der Waals surface area contributed by atoms with Gasteiger partial charge in [0.2, 0.25) is 5.91 Å². The van der Waals surface area contributed by atoms with E-state index in [0.717, 1.165) is 31.8 Å². The van der Waals surface area contributed by atoms with Crippen LogP contribution in [0.15, 0.2) is 0 Å². The largest absolute Gasteiger partial charge is 0.353 e. The van der Waals surface area contributed by atoms with E-state index in [9.17, 15) is 4.79 Å². The van der Waals surface area contributed by atoms with Gasteiger partial charge in [0.1, 0.15) is 0 Å². The average Bonchev–Trinajstić information content (AvgIpc) is 2.75. The van der Waals surface area contributed by atoms with E-state index in [2.05, 4.69) is 36.3 Å². The summed E-state index contributed by atoms with van der Waals surface area (Å²) < 4.78 is 0. The van der Waals surface area contributed by atoms with Crippen molar-refractivity contribution in [1.82, 2.24) is 15.5 Å². The second-order valence-corrected chi connectivity index (χ2v) is 6.30. The number of carbonyl (C=O) groups is 1. The second kappa shape index (κ2) is 8.54. The van der Waals surface area contributed by atoms with Crippen LogP contribution in [0.1, 0.15) is 46.5 Å². The predicted octanol–water partition coefficient (Wildman–Crippen LogP) is 1.61. The third-order valence-corrected chi connectivity index (χ3v) is 3.87. The van der Waals surface area contributed by atoms with Crippen molar-refractivity contribution in [2.24, 2.45) is 5.92 Å². The number of carbonyl (C=O) groups excluding carboxylic acids is 1. The first-order valence-corrected chi connectivity index (χ1v) is 7.70. The number of nitrogens with zero attached hydrogens (tertiary/aromatic N) is 1. The second-order valence-electron chi connectivity index (χ2n) is 6.30. The lowest BCUT2D eigenvalue weighted by atomic mass is 10.0. The summed E-state index contributed by atoms with van der Waals surface area (Å²) in [6, 6.07) is 0.852. The summed E-state index contributed by atoms with van der Waals surface area (Å²) in [4.78, 5) is 14.2. The van der Waals surface area contributed by atoms with Crippen LogP contribution >= 0.6 is 0 Å². The van der Waals surface area contributed by atoms with Crippen LogP contribution in [0.25, 0.3) is 0 Å². The zero-order valence-corrected chi connectivity index (χ0v) is 13.0. The highest BCUT2D eigenvalue weighted by Crippen LogP contribution is 2.09. The van der Waals surface area contributed by atoms with E-state index in [1.165, 1.54) is 12.8 Å². The Morgan fingerprint density at radius 3 is 2.63 bits per heavy atom. The van der Waals surface area contributed by atoms with Crippen molar-refractivity contribution in [1.29, 1.82) is 0 Å². The van der Waals surface area contributed by atoms with Crippen LogP contribution in [-0.4, -0.2) is 49.6 Å². The Bertz CT molecular complexity index is 268. The molecule has 0 radical (unpaired) electrons. The van der Waals surface area contributed by atoms with Gasteiger partial charge in [-0.2, -0.15) is 0 Å². The maximum absolute atomic E-state index is 11.9. The third-order valence-electron chi connectivity index (χ3n) is 3.87. The average molecular weight is 269 g/mol. The normalized spacial score (nSPS) is 21.8. The highest BCUT2D eigenvalue weighted by atomic mass is 16.2. The molecule has 1 aliphatic rings. The quantitative estimate of drug-likeness (QED) is 0.704. The van der Waals surface area contributed by atoms with Gasteiger partial charge in [-0.15, -0.1) is 0 Å². The zero-order chi connectivity index (χ0) is 14.3. The van der Waals surface area contributed by atoms with Crippen LogP contribution in [-0.2, 0) is 4.79 Å². The lowest BCUT2D eigenvalue weighted by Gasteiger charge is -2.18. The highest BCUT2D eigenvalue weighted by molar-refractivity contribution is 5.78. The molecule has 0 aromatic carbocycles. The van der Waals surface area contributed by atoms with Gasteiger partial charge in [0, 0.05) is 25.2 Å². The Balaban J connectivity index is 2.13. The van der Waals surface area contributed by atoms with E-state index in [1.54, 1.807) is 0 Å². The van der Waals surface area contributed by atoms with Gasteiger partial charge in [0.05, 0.1) is 6.54 Å². The van der Waals surface area contributed by atoms with Gasteiger partial charge in [-0.1, -0.05) is 26.7 Å². The molecule has 1 rings (SSSR count). The Morgan fingerprint density at radius 1 is 1.32 bits per heavy atom. The maximum atomic E-state index is 11.9. The fourth-order valence-electron chi connectivity index (χ4n) is 2.64. The van der Waals surface area contributed by atoms with Crippen LogP contribution in [0.2, 0.25) is 0 Å². The summed E-state index contributed by atoms with van der Waals surface area (Å²) in [5.41, 5.74) is 0. The summed E-state index contributed by atoms with van der Waals surface area (Å²) in [7, 11) is 1.99. The SMILES string of the molecule is CNC1CCN(CC(=O)NC(C)CCCC(C)C)C1. The lowest BCUT2D eigenvalue weighted by Crippen LogP contribution is -2.41. The van der Waals surface area contributed by atoms with E-state index in [1.807, 2.05) is 7.05 Å². The van der Waals surface area contributed by atoms with Gasteiger partial charge in [-0.3, -0.25) is 9.69 Å². The van der Waals surface area contributed by atoms with E-state index in [-0.39, 0.29) is 5.91 Å². The van der Waals surface area contributed by atoms with E-state index in [0.29, 0.717) is 18.6 Å². The monoisotopic (exact) mass is 269 g/mol. The Labute approximate surface area is 118 Å². The van der Waals surface area contributed by atoms with Gasteiger partial charge in [-0.25, -0.2) is 0 Å². The fraction of sp³-hybridized carbons (Fsp3) is 0.933. The number of hydrogen-bond donors (Lipinski definition) is 2. The van der Waals surface area contributed by atoms with Gasteiger partial charge in [-0.05, 0) is 32.7 Å². The van der Waals surface area contributed by atoms with Crippen molar-refractivity contribution in [3.8, 4) is 0 Å². The summed E-state index contributed by atoms with van der Waals surface area (Å²) in [5.74, 6) is 0.930. The number of amides is 1. The van der Waals surface area contributed by atoms with Crippen LogP contribution in [0.4, 0.5) is 0 Å². The van der Waals surface area contributed by atoms with Gasteiger partial charge in [0.15, 0.2) is 0 Å². The van der Waals surface area contributed by atoms with E-state index < -0.39 is 0 Å². The fourth-order valence-corrected chi connectivity index (χ4v) is 2.64. The first-order valence-electron chi connectivity index (χ1n) is 7.70. The van der Waals surface area contributed by atoms with Gasteiger partial charge in [0.25, 0.3) is 0 Å². The van der Waals surface area contributed by atoms with E-state index >= 15 is 0 Å². The Hall–Kier alpha value is -0.610. The van der Waals surface area contributed by atoms with Gasteiger partial charge >= 0.3 is 0 Å². The van der Waals surface area contributed by atoms with Crippen molar-refractivity contribution in [3.63, 3.8) is 0 Å². The molecule has 0 spiro atoms. The summed E-state index contributed by atoms with van der Waals surface area (Å²) >= 11 is 0. The van der Waals surface area contributed by atoms with E-state index in [4.69, 9.17) is 0 Å². The van der Waals surface area contributed by atoms with Crippen molar-refractivity contribution in [2.45, 2.75) is 58.5 Å². The number of likely N-dealkylation sites (N-methyl/N-ethyl adjacent to an activating group) is 1. The lowest BCUT2D eigenvalue weighted by molar-refractivity contribution is -0.122. The number of nitrogens with one attached hydrogen (secondary N) is 2. The standard InChI is InChI=1S/C15H31N3O/c1-12(2)6-5-7-13(3)17-15(19)11-18-9-8-14(10-18)16-4/h12-14,16H,5-11H2,1-4H3,(H,17,19). The van der Waals surface area contributed by atoms with Crippen LogP contribution in [0.5, 0.6) is 0 Å². The molecule has 1 heterocycles. The number of hydrogen-bond acceptors (Lipinski definition) is 3. The molecule has 1 saturated heterocycles. The topological polar surface area (TPSA) is 44.4 Å². The summed E-state index contributed by atoms with van der Waals surface area (Å²) in [6.07, 6.45) is 4.68. The molecule has 1 fully saturated rings. The molecule has 1 aliphatic heterocycles. The third kappa shape index (κ3) is 6.92. The molecule has 2 unspecified atom stereocenters. The van der Waals surface area contributed by atoms with Crippen LogP contribution in [0.3, 0.4) is 0 Å². The first kappa shape index (κ1) is 16.4. The molecule has 0 bridgehead atoms. The number of rotatable bonds is 8. The molecule has 19 heavy (non-hydrogen) atoms. The van der Waals surface area contributed by atoms with Crippen molar-refractivity contribution >= 4 is 5.91 Å². The molecule has 0 aliphatic carbocycles. The highest BCUT2D eigenvalue weighted by Gasteiger charge is 2.22. The van der Waals surface area contributed by atoms with Crippen molar-refractivity contribution in [2.75, 3.05) is 26.7 Å². The zero-order valence-electron chi connectivity index (χ0n) is 13.0. The molecule has 0 aromatic rings. The van der Waals surface area contributed by atoms with Crippen LogP contribution < -0.4 is 10.6 Å². The Morgan fingerprint density at radius 2 is 2.05 bits per heavy atom. The minimum atomic E-state index is 0.175. The Kier molecular flexibility index (Phi) is 7.39. The summed E-state index contributed by atoms with van der Waals surface area (Å²) in [6.45, 7) is 9.17. The number of likely N-dealkylation sites (tertiary alicyclic amines) is 1. The predicted molar refractivity (Wildman–Crippen MR) is 80.2 cm³/mol. The van der Waals surface area contributed by atoms with Crippen LogP contribution in [0, 0.1) is 5.92 Å². The maximum Gasteiger partial charge on any atom is 0.234 e. The smallest absolute Gasteiger partial charge is 0.234 e. The molecule has 4 heteroatoms. The molecule has 0 saturated carbocycles. The van der Waals surface area contributed by atoms with Crippen molar-refractivity contribution in [3.05, 3.63) is 0 Å². The molecule has 2 atom stereocenters. The minimum Gasteiger partial charge on any atom is -0.353 e. The molecule has 1 amide bonds. The molecule has 2 N–H and O–H groups in total. The molecule has 112 valence electrons. The van der Waals surface area contributed by atoms with Crippen molar-refractivity contribution < 1.29 is 4.79 Å². The van der Waals surface area contributed by atoms with Gasteiger partial charge < -0.3 is 10.6 Å².